The minimum atomic E-state index is -0.0235. The second-order valence-corrected chi connectivity index (χ2v) is 5.40. The van der Waals surface area contributed by atoms with Crippen LogP contribution in [0.5, 0.6) is 5.75 Å². The summed E-state index contributed by atoms with van der Waals surface area (Å²) >= 11 is 0. The van der Waals surface area contributed by atoms with Crippen LogP contribution in [0.2, 0.25) is 0 Å². The summed E-state index contributed by atoms with van der Waals surface area (Å²) in [6, 6.07) is 13.8. The smallest absolute Gasteiger partial charge is 0.251 e. The molecule has 5 heteroatoms. The molecule has 2 N–H and O–H groups in total. The zero-order valence-corrected chi connectivity index (χ0v) is 13.9. The number of rotatable bonds is 5. The summed E-state index contributed by atoms with van der Waals surface area (Å²) in [6.45, 7) is 2.33. The molecule has 0 fully saturated rings. The second kappa shape index (κ2) is 7.99. The predicted molar refractivity (Wildman–Crippen MR) is 93.3 cm³/mol. The highest BCUT2D eigenvalue weighted by Gasteiger charge is 2.13. The van der Waals surface area contributed by atoms with Crippen molar-refractivity contribution in [3.05, 3.63) is 64.7 Å². The molecule has 0 saturated carbocycles. The maximum atomic E-state index is 12.2. The summed E-state index contributed by atoms with van der Waals surface area (Å²) in [7, 11) is 1.66. The Bertz CT molecular complexity index is 688. The summed E-state index contributed by atoms with van der Waals surface area (Å²) < 4.78 is 5.32. The zero-order valence-electron chi connectivity index (χ0n) is 13.1. The van der Waals surface area contributed by atoms with E-state index in [9.17, 15) is 4.79 Å². The molecule has 1 amide bonds. The number of ether oxygens (including phenoxy) is 1. The summed E-state index contributed by atoms with van der Waals surface area (Å²) in [4.78, 5) is 12.2. The van der Waals surface area contributed by atoms with Crippen molar-refractivity contribution in [2.24, 2.45) is 0 Å². The fourth-order valence-corrected chi connectivity index (χ4v) is 2.76. The summed E-state index contributed by atoms with van der Waals surface area (Å²) in [5.74, 6) is 0.838. The number of benzene rings is 2. The van der Waals surface area contributed by atoms with E-state index in [1.165, 1.54) is 11.1 Å². The van der Waals surface area contributed by atoms with Gasteiger partial charge < -0.3 is 15.4 Å². The van der Waals surface area contributed by atoms with Gasteiger partial charge in [0.15, 0.2) is 0 Å². The van der Waals surface area contributed by atoms with Gasteiger partial charge in [-0.05, 0) is 41.3 Å². The first-order chi connectivity index (χ1) is 10.8. The van der Waals surface area contributed by atoms with Gasteiger partial charge in [-0.1, -0.05) is 24.3 Å². The normalized spacial score (nSPS) is 12.2. The van der Waals surface area contributed by atoms with Gasteiger partial charge in [0.1, 0.15) is 5.75 Å². The van der Waals surface area contributed by atoms with Gasteiger partial charge in [-0.15, -0.1) is 12.4 Å². The molecular formula is C18H21ClN2O2. The Hall–Kier alpha value is -2.04. The molecule has 0 spiro atoms. The number of hydrogen-bond donors (Lipinski definition) is 2. The summed E-state index contributed by atoms with van der Waals surface area (Å²) in [6.07, 6.45) is 0.752. The first-order valence-electron chi connectivity index (χ1n) is 7.50. The third-order valence-electron chi connectivity index (χ3n) is 3.97. The van der Waals surface area contributed by atoms with Crippen molar-refractivity contribution in [2.75, 3.05) is 13.7 Å². The van der Waals surface area contributed by atoms with Crippen LogP contribution in [-0.2, 0) is 19.5 Å². The lowest BCUT2D eigenvalue weighted by Gasteiger charge is -2.09. The fourth-order valence-electron chi connectivity index (χ4n) is 2.76. The standard InChI is InChI=1S/C18H20N2O2.ClH/c1-22-17-5-3-2-4-13(17)8-9-20-18(21)14-6-7-15-11-19-12-16(15)10-14;/h2-7,10,19H,8-9,11-12H2,1H3,(H,20,21);1H. The number of para-hydroxylation sites is 1. The first kappa shape index (κ1) is 17.3. The first-order valence-corrected chi connectivity index (χ1v) is 7.50. The van der Waals surface area contributed by atoms with E-state index in [0.29, 0.717) is 6.54 Å². The van der Waals surface area contributed by atoms with Crippen LogP contribution >= 0.6 is 12.4 Å². The molecule has 0 aliphatic carbocycles. The lowest BCUT2D eigenvalue weighted by molar-refractivity contribution is 0.0954. The average molecular weight is 333 g/mol. The number of carbonyl (C=O) groups excluding carboxylic acids is 1. The van der Waals surface area contributed by atoms with Crippen molar-refractivity contribution in [2.45, 2.75) is 19.5 Å². The van der Waals surface area contributed by atoms with E-state index in [1.807, 2.05) is 42.5 Å². The minimum Gasteiger partial charge on any atom is -0.496 e. The van der Waals surface area contributed by atoms with Crippen LogP contribution in [0.1, 0.15) is 27.0 Å². The maximum absolute atomic E-state index is 12.2. The largest absolute Gasteiger partial charge is 0.496 e. The second-order valence-electron chi connectivity index (χ2n) is 5.40. The van der Waals surface area contributed by atoms with Crippen molar-refractivity contribution in [3.8, 4) is 5.75 Å². The molecular weight excluding hydrogens is 312 g/mol. The van der Waals surface area contributed by atoms with Crippen molar-refractivity contribution < 1.29 is 9.53 Å². The van der Waals surface area contributed by atoms with E-state index < -0.39 is 0 Å². The predicted octanol–water partition coefficient (Wildman–Crippen LogP) is 2.69. The molecule has 1 aliphatic rings. The molecule has 0 aromatic heterocycles. The quantitative estimate of drug-likeness (QED) is 0.885. The van der Waals surface area contributed by atoms with Crippen LogP contribution in [0.4, 0.5) is 0 Å². The molecule has 4 nitrogen and oxygen atoms in total. The number of methoxy groups -OCH3 is 1. The molecule has 122 valence electrons. The summed E-state index contributed by atoms with van der Waals surface area (Å²) in [5, 5.41) is 6.26. The summed E-state index contributed by atoms with van der Waals surface area (Å²) in [5.41, 5.74) is 4.33. The monoisotopic (exact) mass is 332 g/mol. The molecule has 0 atom stereocenters. The van der Waals surface area contributed by atoms with E-state index in [1.54, 1.807) is 7.11 Å². The SMILES string of the molecule is COc1ccccc1CCNC(=O)c1ccc2c(c1)CNC2.Cl. The van der Waals surface area contributed by atoms with Gasteiger partial charge in [0.05, 0.1) is 7.11 Å². The number of amides is 1. The van der Waals surface area contributed by atoms with Crippen LogP contribution in [0.25, 0.3) is 0 Å². The number of nitrogens with one attached hydrogen (secondary N) is 2. The van der Waals surface area contributed by atoms with E-state index in [4.69, 9.17) is 4.74 Å². The molecule has 0 radical (unpaired) electrons. The highest BCUT2D eigenvalue weighted by atomic mass is 35.5. The van der Waals surface area contributed by atoms with Gasteiger partial charge in [-0.25, -0.2) is 0 Å². The number of halogens is 1. The molecule has 2 aromatic rings. The molecule has 2 aromatic carbocycles. The molecule has 0 bridgehead atoms. The Morgan fingerprint density at radius 3 is 2.78 bits per heavy atom. The van der Waals surface area contributed by atoms with Crippen LogP contribution < -0.4 is 15.4 Å². The van der Waals surface area contributed by atoms with E-state index in [2.05, 4.69) is 10.6 Å². The minimum absolute atomic E-state index is 0. The van der Waals surface area contributed by atoms with E-state index >= 15 is 0 Å². The lowest BCUT2D eigenvalue weighted by Crippen LogP contribution is -2.25. The Labute approximate surface area is 142 Å². The molecule has 0 unspecified atom stereocenters. The van der Waals surface area contributed by atoms with Crippen molar-refractivity contribution in [3.63, 3.8) is 0 Å². The van der Waals surface area contributed by atoms with Gasteiger partial charge in [0.2, 0.25) is 0 Å². The van der Waals surface area contributed by atoms with Crippen molar-refractivity contribution in [1.82, 2.24) is 10.6 Å². The molecule has 1 aliphatic heterocycles. The number of hydrogen-bond acceptors (Lipinski definition) is 3. The Balaban J connectivity index is 0.00000192. The van der Waals surface area contributed by atoms with Crippen molar-refractivity contribution in [1.29, 1.82) is 0 Å². The fraction of sp³-hybridized carbons (Fsp3) is 0.278. The Morgan fingerprint density at radius 2 is 1.96 bits per heavy atom. The van der Waals surface area contributed by atoms with Gasteiger partial charge in [-0.2, -0.15) is 0 Å². The van der Waals surface area contributed by atoms with E-state index in [-0.39, 0.29) is 18.3 Å². The molecule has 23 heavy (non-hydrogen) atoms. The molecule has 0 saturated heterocycles. The van der Waals surface area contributed by atoms with E-state index in [0.717, 1.165) is 36.4 Å². The Kier molecular flexibility index (Phi) is 6.02. The maximum Gasteiger partial charge on any atom is 0.251 e. The highest BCUT2D eigenvalue weighted by molar-refractivity contribution is 5.94. The van der Waals surface area contributed by atoms with Crippen LogP contribution in [0, 0.1) is 0 Å². The van der Waals surface area contributed by atoms with Gasteiger partial charge in [0, 0.05) is 25.2 Å². The van der Waals surface area contributed by atoms with Crippen LogP contribution in [0.3, 0.4) is 0 Å². The van der Waals surface area contributed by atoms with Gasteiger partial charge in [0.25, 0.3) is 5.91 Å². The van der Waals surface area contributed by atoms with Crippen LogP contribution in [0.15, 0.2) is 42.5 Å². The van der Waals surface area contributed by atoms with Gasteiger partial charge >= 0.3 is 0 Å². The van der Waals surface area contributed by atoms with Crippen molar-refractivity contribution >= 4 is 18.3 Å². The average Bonchev–Trinajstić information content (AvgIpc) is 3.02. The number of carbonyl (C=O) groups is 1. The highest BCUT2D eigenvalue weighted by Crippen LogP contribution is 2.18. The third-order valence-corrected chi connectivity index (χ3v) is 3.97. The van der Waals surface area contributed by atoms with Crippen LogP contribution in [-0.4, -0.2) is 19.6 Å². The third kappa shape index (κ3) is 4.03. The molecule has 3 rings (SSSR count). The lowest BCUT2D eigenvalue weighted by atomic mass is 10.1. The molecule has 1 heterocycles. The van der Waals surface area contributed by atoms with Gasteiger partial charge in [-0.3, -0.25) is 4.79 Å². The topological polar surface area (TPSA) is 50.4 Å². The Morgan fingerprint density at radius 1 is 1.17 bits per heavy atom. The number of fused-ring (bicyclic) bond motifs is 1. The zero-order chi connectivity index (χ0) is 15.4.